The number of nitrogens with zero attached hydrogens (tertiary/aromatic N) is 3. The average molecular weight is 212 g/mol. The van der Waals surface area contributed by atoms with Crippen LogP contribution in [0.25, 0.3) is 0 Å². The van der Waals surface area contributed by atoms with Gasteiger partial charge >= 0.3 is 0 Å². The average Bonchev–Trinajstić information content (AvgIpc) is 2.21. The molecule has 1 atom stereocenters. The van der Waals surface area contributed by atoms with Crippen LogP contribution in [0.3, 0.4) is 0 Å². The SMILES string of the molecule is CCCNC(C#N)CN(C)CCN(C)C. The maximum Gasteiger partial charge on any atom is 0.108 e. The lowest BCUT2D eigenvalue weighted by Crippen LogP contribution is -2.41. The third-order valence-corrected chi connectivity index (χ3v) is 2.22. The van der Waals surface area contributed by atoms with Crippen LogP contribution in [-0.4, -0.2) is 63.2 Å². The van der Waals surface area contributed by atoms with E-state index in [9.17, 15) is 0 Å². The van der Waals surface area contributed by atoms with Gasteiger partial charge < -0.3 is 15.1 Å². The Kier molecular flexibility index (Phi) is 8.30. The molecule has 0 saturated carbocycles. The van der Waals surface area contributed by atoms with Crippen LogP contribution in [0.1, 0.15) is 13.3 Å². The Morgan fingerprint density at radius 1 is 1.27 bits per heavy atom. The van der Waals surface area contributed by atoms with Crippen LogP contribution in [0.5, 0.6) is 0 Å². The first kappa shape index (κ1) is 14.4. The van der Waals surface area contributed by atoms with Crippen molar-refractivity contribution in [3.8, 4) is 6.07 Å². The van der Waals surface area contributed by atoms with E-state index in [2.05, 4.69) is 49.3 Å². The van der Waals surface area contributed by atoms with E-state index in [1.807, 2.05) is 0 Å². The zero-order chi connectivity index (χ0) is 11.7. The van der Waals surface area contributed by atoms with Crippen molar-refractivity contribution in [1.82, 2.24) is 15.1 Å². The molecule has 0 aromatic rings. The van der Waals surface area contributed by atoms with Gasteiger partial charge in [0.2, 0.25) is 0 Å². The van der Waals surface area contributed by atoms with E-state index < -0.39 is 0 Å². The van der Waals surface area contributed by atoms with Gasteiger partial charge in [-0.1, -0.05) is 6.92 Å². The minimum atomic E-state index is -0.0443. The fraction of sp³-hybridized carbons (Fsp3) is 0.909. The van der Waals surface area contributed by atoms with Crippen molar-refractivity contribution < 1.29 is 0 Å². The Hall–Kier alpha value is -0.630. The van der Waals surface area contributed by atoms with Gasteiger partial charge in [-0.3, -0.25) is 0 Å². The lowest BCUT2D eigenvalue weighted by atomic mass is 10.3. The molecule has 0 rings (SSSR count). The highest BCUT2D eigenvalue weighted by Crippen LogP contribution is 1.90. The standard InChI is InChI=1S/C11H24N4/c1-5-6-13-11(9-12)10-15(4)8-7-14(2)3/h11,13H,5-8,10H2,1-4H3. The predicted octanol–water partition coefficient (Wildman–Crippen LogP) is 0.372. The van der Waals surface area contributed by atoms with E-state index in [-0.39, 0.29) is 6.04 Å². The second-order valence-corrected chi connectivity index (χ2v) is 4.20. The number of nitriles is 1. The molecule has 0 fully saturated rings. The molecule has 0 heterocycles. The third kappa shape index (κ3) is 8.37. The summed E-state index contributed by atoms with van der Waals surface area (Å²) >= 11 is 0. The highest BCUT2D eigenvalue weighted by atomic mass is 15.2. The van der Waals surface area contributed by atoms with Crippen LogP contribution >= 0.6 is 0 Å². The van der Waals surface area contributed by atoms with Crippen LogP contribution < -0.4 is 5.32 Å². The van der Waals surface area contributed by atoms with Crippen molar-refractivity contribution in [3.05, 3.63) is 0 Å². The van der Waals surface area contributed by atoms with Crippen molar-refractivity contribution in [2.75, 3.05) is 47.3 Å². The molecular weight excluding hydrogens is 188 g/mol. The summed E-state index contributed by atoms with van der Waals surface area (Å²) < 4.78 is 0. The van der Waals surface area contributed by atoms with Gasteiger partial charge in [0.1, 0.15) is 6.04 Å². The van der Waals surface area contributed by atoms with Crippen LogP contribution in [-0.2, 0) is 0 Å². The molecule has 0 aliphatic rings. The van der Waals surface area contributed by atoms with Crippen molar-refractivity contribution in [3.63, 3.8) is 0 Å². The Labute approximate surface area is 93.9 Å². The lowest BCUT2D eigenvalue weighted by Gasteiger charge is -2.22. The molecule has 1 unspecified atom stereocenters. The van der Waals surface area contributed by atoms with Gasteiger partial charge in [-0.05, 0) is 34.1 Å². The molecule has 0 radical (unpaired) electrons. The number of rotatable bonds is 8. The molecule has 1 N–H and O–H groups in total. The monoisotopic (exact) mass is 212 g/mol. The number of likely N-dealkylation sites (N-methyl/N-ethyl adjacent to an activating group) is 2. The van der Waals surface area contributed by atoms with Crippen LogP contribution in [0.4, 0.5) is 0 Å². The molecule has 0 aromatic carbocycles. The summed E-state index contributed by atoms with van der Waals surface area (Å²) in [4.78, 5) is 4.34. The molecule has 4 heteroatoms. The van der Waals surface area contributed by atoms with Crippen molar-refractivity contribution in [1.29, 1.82) is 5.26 Å². The van der Waals surface area contributed by atoms with E-state index in [0.29, 0.717) is 0 Å². The molecule has 88 valence electrons. The summed E-state index contributed by atoms with van der Waals surface area (Å²) in [5, 5.41) is 12.2. The minimum absolute atomic E-state index is 0.0443. The molecule has 4 nitrogen and oxygen atoms in total. The second-order valence-electron chi connectivity index (χ2n) is 4.20. The van der Waals surface area contributed by atoms with Crippen LogP contribution in [0.2, 0.25) is 0 Å². The fourth-order valence-corrected chi connectivity index (χ4v) is 1.24. The van der Waals surface area contributed by atoms with E-state index in [4.69, 9.17) is 5.26 Å². The molecule has 0 amide bonds. The van der Waals surface area contributed by atoms with Gasteiger partial charge in [0.05, 0.1) is 6.07 Å². The van der Waals surface area contributed by atoms with Gasteiger partial charge in [-0.25, -0.2) is 0 Å². The molecule has 0 aromatic heterocycles. The molecule has 0 aliphatic carbocycles. The van der Waals surface area contributed by atoms with Gasteiger partial charge in [-0.2, -0.15) is 5.26 Å². The minimum Gasteiger partial charge on any atom is -0.308 e. The number of nitrogens with one attached hydrogen (secondary N) is 1. The maximum atomic E-state index is 8.93. The first-order valence-corrected chi connectivity index (χ1v) is 5.56. The van der Waals surface area contributed by atoms with Gasteiger partial charge in [-0.15, -0.1) is 0 Å². The summed E-state index contributed by atoms with van der Waals surface area (Å²) in [6.45, 7) is 5.85. The predicted molar refractivity (Wildman–Crippen MR) is 63.7 cm³/mol. The van der Waals surface area contributed by atoms with E-state index in [1.165, 1.54) is 0 Å². The zero-order valence-corrected chi connectivity index (χ0v) is 10.5. The highest BCUT2D eigenvalue weighted by Gasteiger charge is 2.09. The largest absolute Gasteiger partial charge is 0.308 e. The molecule has 0 saturated heterocycles. The van der Waals surface area contributed by atoms with Gasteiger partial charge in [0.25, 0.3) is 0 Å². The zero-order valence-electron chi connectivity index (χ0n) is 10.5. The quantitative estimate of drug-likeness (QED) is 0.631. The maximum absolute atomic E-state index is 8.93. The molecule has 15 heavy (non-hydrogen) atoms. The summed E-state index contributed by atoms with van der Waals surface area (Å²) in [7, 11) is 6.18. The Morgan fingerprint density at radius 3 is 2.40 bits per heavy atom. The van der Waals surface area contributed by atoms with Gasteiger partial charge in [0, 0.05) is 19.6 Å². The van der Waals surface area contributed by atoms with Crippen LogP contribution in [0, 0.1) is 11.3 Å². The van der Waals surface area contributed by atoms with E-state index >= 15 is 0 Å². The first-order valence-electron chi connectivity index (χ1n) is 5.56. The lowest BCUT2D eigenvalue weighted by molar-refractivity contribution is 0.269. The molecular formula is C11H24N4. The third-order valence-electron chi connectivity index (χ3n) is 2.22. The van der Waals surface area contributed by atoms with Crippen molar-refractivity contribution in [2.24, 2.45) is 0 Å². The van der Waals surface area contributed by atoms with Gasteiger partial charge in [0.15, 0.2) is 0 Å². The number of hydrogen-bond acceptors (Lipinski definition) is 4. The van der Waals surface area contributed by atoms with Crippen LogP contribution in [0.15, 0.2) is 0 Å². The smallest absolute Gasteiger partial charge is 0.108 e. The Morgan fingerprint density at radius 2 is 1.93 bits per heavy atom. The molecule has 0 aliphatic heterocycles. The normalized spacial score (nSPS) is 13.1. The van der Waals surface area contributed by atoms with E-state index in [0.717, 1.165) is 32.6 Å². The van der Waals surface area contributed by atoms with Crippen molar-refractivity contribution in [2.45, 2.75) is 19.4 Å². The summed E-state index contributed by atoms with van der Waals surface area (Å²) in [6, 6.07) is 2.24. The topological polar surface area (TPSA) is 42.3 Å². The van der Waals surface area contributed by atoms with Crippen molar-refractivity contribution >= 4 is 0 Å². The van der Waals surface area contributed by atoms with E-state index in [1.54, 1.807) is 0 Å². The summed E-state index contributed by atoms with van der Waals surface area (Å²) in [5.41, 5.74) is 0. The fourth-order valence-electron chi connectivity index (χ4n) is 1.24. The highest BCUT2D eigenvalue weighted by molar-refractivity contribution is 4.91. The molecule has 0 bridgehead atoms. The molecule has 0 spiro atoms. The Bertz CT molecular complexity index is 186. The summed E-state index contributed by atoms with van der Waals surface area (Å²) in [5.74, 6) is 0. The first-order chi connectivity index (χ1) is 7.10. The summed E-state index contributed by atoms with van der Waals surface area (Å²) in [6.07, 6.45) is 1.07. The number of hydrogen-bond donors (Lipinski definition) is 1. The Balaban J connectivity index is 3.71. The second kappa shape index (κ2) is 8.66.